The molecule has 0 heterocycles. The molecule has 0 saturated heterocycles. The molecule has 0 bridgehead atoms. The first-order chi connectivity index (χ1) is 7.63. The number of nitrogens with one attached hydrogen (secondary N) is 1. The summed E-state index contributed by atoms with van der Waals surface area (Å²) in [6.07, 6.45) is 0.246. The quantitative estimate of drug-likeness (QED) is 0.773. The molecule has 1 aromatic rings. The highest BCUT2D eigenvalue weighted by atomic mass is 16.5. The number of hydrogen-bond donors (Lipinski definition) is 1. The van der Waals surface area contributed by atoms with Gasteiger partial charge in [0.1, 0.15) is 6.07 Å². The third-order valence-corrected chi connectivity index (χ3v) is 2.16. The molecule has 1 aromatic carbocycles. The van der Waals surface area contributed by atoms with Crippen molar-refractivity contribution in [2.24, 2.45) is 0 Å². The van der Waals surface area contributed by atoms with Gasteiger partial charge < -0.3 is 10.1 Å². The van der Waals surface area contributed by atoms with E-state index in [1.165, 1.54) is 0 Å². The zero-order valence-electron chi connectivity index (χ0n) is 10.1. The number of benzene rings is 1. The smallest absolute Gasteiger partial charge is 0.101 e. The van der Waals surface area contributed by atoms with Gasteiger partial charge in [0.2, 0.25) is 0 Å². The summed E-state index contributed by atoms with van der Waals surface area (Å²) in [5.41, 5.74) is 2.66. The van der Waals surface area contributed by atoms with E-state index in [1.54, 1.807) is 0 Å². The Bertz CT molecular complexity index is 380. The maximum Gasteiger partial charge on any atom is 0.101 e. The maximum atomic E-state index is 8.97. The zero-order valence-corrected chi connectivity index (χ0v) is 10.1. The molecule has 0 fully saturated rings. The van der Waals surface area contributed by atoms with Crippen molar-refractivity contribution in [1.29, 1.82) is 5.26 Å². The second kappa shape index (κ2) is 6.14. The van der Waals surface area contributed by atoms with Gasteiger partial charge in [-0.1, -0.05) is 6.07 Å². The lowest BCUT2D eigenvalue weighted by atomic mass is 10.1. The van der Waals surface area contributed by atoms with Gasteiger partial charge in [0, 0.05) is 6.54 Å². The minimum atomic E-state index is 0.246. The van der Waals surface area contributed by atoms with E-state index in [-0.39, 0.29) is 6.10 Å². The van der Waals surface area contributed by atoms with Gasteiger partial charge in [-0.25, -0.2) is 0 Å². The first-order valence-electron chi connectivity index (χ1n) is 5.49. The molecule has 0 spiro atoms. The molecule has 0 aromatic heterocycles. The minimum absolute atomic E-state index is 0.246. The van der Waals surface area contributed by atoms with E-state index in [1.807, 2.05) is 39.0 Å². The van der Waals surface area contributed by atoms with Crippen LogP contribution in [-0.4, -0.2) is 19.3 Å². The molecule has 0 aliphatic rings. The van der Waals surface area contributed by atoms with Gasteiger partial charge in [0.05, 0.1) is 24.0 Å². The normalized spacial score (nSPS) is 10.2. The Labute approximate surface area is 97.0 Å². The van der Waals surface area contributed by atoms with Crippen LogP contribution in [0, 0.1) is 18.3 Å². The van der Waals surface area contributed by atoms with Gasteiger partial charge in [-0.3, -0.25) is 0 Å². The molecule has 3 nitrogen and oxygen atoms in total. The lowest BCUT2D eigenvalue weighted by Gasteiger charge is -2.10. The predicted octanol–water partition coefficient (Wildman–Crippen LogP) is 2.70. The zero-order chi connectivity index (χ0) is 12.0. The van der Waals surface area contributed by atoms with Gasteiger partial charge in [0.25, 0.3) is 0 Å². The van der Waals surface area contributed by atoms with Crippen molar-refractivity contribution < 1.29 is 4.74 Å². The first kappa shape index (κ1) is 12.5. The lowest BCUT2D eigenvalue weighted by molar-refractivity contribution is 0.0870. The fourth-order valence-electron chi connectivity index (χ4n) is 1.39. The van der Waals surface area contributed by atoms with Crippen molar-refractivity contribution in [2.75, 3.05) is 18.5 Å². The summed E-state index contributed by atoms with van der Waals surface area (Å²) in [5, 5.41) is 12.2. The number of aryl methyl sites for hydroxylation is 1. The van der Waals surface area contributed by atoms with Crippen molar-refractivity contribution in [3.05, 3.63) is 29.3 Å². The van der Waals surface area contributed by atoms with E-state index in [0.29, 0.717) is 12.2 Å². The molecular weight excluding hydrogens is 200 g/mol. The molecule has 3 heteroatoms. The van der Waals surface area contributed by atoms with Gasteiger partial charge in [0.15, 0.2) is 0 Å². The standard InChI is InChI=1S/C13H18N2O/c1-10(2)16-7-6-15-13-5-4-11(3)8-12(13)9-14/h4-5,8,10,15H,6-7H2,1-3H3. The van der Waals surface area contributed by atoms with Crippen LogP contribution in [0.5, 0.6) is 0 Å². The van der Waals surface area contributed by atoms with Crippen LogP contribution in [-0.2, 0) is 4.74 Å². The van der Waals surface area contributed by atoms with Crippen molar-refractivity contribution >= 4 is 5.69 Å². The summed E-state index contributed by atoms with van der Waals surface area (Å²) in [5.74, 6) is 0. The van der Waals surface area contributed by atoms with Crippen molar-refractivity contribution in [1.82, 2.24) is 0 Å². The molecule has 0 saturated carbocycles. The second-order valence-corrected chi connectivity index (χ2v) is 4.01. The van der Waals surface area contributed by atoms with Gasteiger partial charge in [-0.05, 0) is 38.5 Å². The molecule has 1 N–H and O–H groups in total. The van der Waals surface area contributed by atoms with E-state index in [4.69, 9.17) is 10.00 Å². The maximum absolute atomic E-state index is 8.97. The molecule has 0 radical (unpaired) electrons. The van der Waals surface area contributed by atoms with Crippen LogP contribution in [0.15, 0.2) is 18.2 Å². The van der Waals surface area contributed by atoms with Crippen molar-refractivity contribution in [3.8, 4) is 6.07 Å². The number of ether oxygens (including phenoxy) is 1. The fourth-order valence-corrected chi connectivity index (χ4v) is 1.39. The second-order valence-electron chi connectivity index (χ2n) is 4.01. The van der Waals surface area contributed by atoms with E-state index < -0.39 is 0 Å². The molecule has 0 atom stereocenters. The van der Waals surface area contributed by atoms with Crippen LogP contribution < -0.4 is 5.32 Å². The molecule has 0 aliphatic heterocycles. The number of hydrogen-bond acceptors (Lipinski definition) is 3. The molecule has 0 aliphatic carbocycles. The third-order valence-electron chi connectivity index (χ3n) is 2.16. The Morgan fingerprint density at radius 3 is 2.81 bits per heavy atom. The Balaban J connectivity index is 2.51. The van der Waals surface area contributed by atoms with Crippen LogP contribution in [0.2, 0.25) is 0 Å². The minimum Gasteiger partial charge on any atom is -0.382 e. The third kappa shape index (κ3) is 3.92. The van der Waals surface area contributed by atoms with E-state index >= 15 is 0 Å². The largest absolute Gasteiger partial charge is 0.382 e. The predicted molar refractivity (Wildman–Crippen MR) is 65.5 cm³/mol. The summed E-state index contributed by atoms with van der Waals surface area (Å²) in [7, 11) is 0. The monoisotopic (exact) mass is 218 g/mol. The Kier molecular flexibility index (Phi) is 4.81. The topological polar surface area (TPSA) is 45.0 Å². The molecular formula is C13H18N2O. The Hall–Kier alpha value is -1.53. The number of nitriles is 1. The molecule has 16 heavy (non-hydrogen) atoms. The summed E-state index contributed by atoms with van der Waals surface area (Å²) >= 11 is 0. The van der Waals surface area contributed by atoms with Crippen molar-refractivity contribution in [2.45, 2.75) is 26.9 Å². The number of anilines is 1. The lowest BCUT2D eigenvalue weighted by Crippen LogP contribution is -2.13. The van der Waals surface area contributed by atoms with Crippen LogP contribution >= 0.6 is 0 Å². The highest BCUT2D eigenvalue weighted by molar-refractivity contribution is 5.58. The van der Waals surface area contributed by atoms with Crippen LogP contribution in [0.3, 0.4) is 0 Å². The molecule has 86 valence electrons. The number of nitrogens with zero attached hydrogens (tertiary/aromatic N) is 1. The summed E-state index contributed by atoms with van der Waals surface area (Å²) in [6.45, 7) is 7.36. The van der Waals surface area contributed by atoms with E-state index in [9.17, 15) is 0 Å². The van der Waals surface area contributed by atoms with Crippen LogP contribution in [0.25, 0.3) is 0 Å². The van der Waals surface area contributed by atoms with Crippen LogP contribution in [0.4, 0.5) is 5.69 Å². The summed E-state index contributed by atoms with van der Waals surface area (Å²) in [4.78, 5) is 0. The van der Waals surface area contributed by atoms with Crippen LogP contribution in [0.1, 0.15) is 25.0 Å². The van der Waals surface area contributed by atoms with Crippen molar-refractivity contribution in [3.63, 3.8) is 0 Å². The SMILES string of the molecule is Cc1ccc(NCCOC(C)C)c(C#N)c1. The summed E-state index contributed by atoms with van der Waals surface area (Å²) in [6, 6.07) is 7.99. The average Bonchev–Trinajstić information content (AvgIpc) is 2.25. The highest BCUT2D eigenvalue weighted by Gasteiger charge is 2.01. The van der Waals surface area contributed by atoms with E-state index in [2.05, 4.69) is 11.4 Å². The molecule has 1 rings (SSSR count). The Morgan fingerprint density at radius 2 is 2.19 bits per heavy atom. The Morgan fingerprint density at radius 1 is 1.44 bits per heavy atom. The first-order valence-corrected chi connectivity index (χ1v) is 5.49. The van der Waals surface area contributed by atoms with E-state index in [0.717, 1.165) is 17.8 Å². The highest BCUT2D eigenvalue weighted by Crippen LogP contribution is 2.15. The molecule has 0 amide bonds. The summed E-state index contributed by atoms with van der Waals surface area (Å²) < 4.78 is 5.42. The fraction of sp³-hybridized carbons (Fsp3) is 0.462. The molecule has 0 unspecified atom stereocenters. The van der Waals surface area contributed by atoms with Gasteiger partial charge in [-0.2, -0.15) is 5.26 Å². The number of rotatable bonds is 5. The van der Waals surface area contributed by atoms with Gasteiger partial charge in [-0.15, -0.1) is 0 Å². The average molecular weight is 218 g/mol. The van der Waals surface area contributed by atoms with Gasteiger partial charge >= 0.3 is 0 Å².